The third kappa shape index (κ3) is 3.50. The fourth-order valence-corrected chi connectivity index (χ4v) is 5.30. The molecular weight excluding hydrogens is 330 g/mol. The zero-order valence-corrected chi connectivity index (χ0v) is 13.7. The van der Waals surface area contributed by atoms with Crippen LogP contribution in [-0.2, 0) is 18.9 Å². The summed E-state index contributed by atoms with van der Waals surface area (Å²) in [4.78, 5) is 11.4. The Hall–Kier alpha value is -0.440. The summed E-state index contributed by atoms with van der Waals surface area (Å²) in [5, 5.41) is 8.48. The largest absolute Gasteiger partial charge is 0.691 e. The monoisotopic (exact) mass is 351 g/mol. The Morgan fingerprint density at radius 2 is 1.87 bits per heavy atom. The Balaban J connectivity index is 1.51. The minimum absolute atomic E-state index is 0.00497. The first-order valence-electron chi connectivity index (χ1n) is 8.11. The normalized spacial score (nSPS) is 39.3. The van der Waals surface area contributed by atoms with Crippen LogP contribution in [0.15, 0.2) is 0 Å². The predicted molar refractivity (Wildman–Crippen MR) is 75.4 cm³/mol. The molecule has 0 radical (unpaired) electrons. The van der Waals surface area contributed by atoms with E-state index in [-0.39, 0.29) is 12.5 Å². The van der Waals surface area contributed by atoms with Gasteiger partial charge in [0.1, 0.15) is 12.0 Å². The molecule has 0 aromatic heterocycles. The van der Waals surface area contributed by atoms with Crippen LogP contribution in [0.4, 0.5) is 8.78 Å². The van der Waals surface area contributed by atoms with Crippen molar-refractivity contribution < 1.29 is 32.9 Å². The molecule has 3 rings (SSSR count). The maximum atomic E-state index is 13.3. The number of esters is 1. The van der Waals surface area contributed by atoms with Crippen molar-refractivity contribution in [1.29, 1.82) is 0 Å². The first kappa shape index (κ1) is 17.4. The molecule has 0 heterocycles. The summed E-state index contributed by atoms with van der Waals surface area (Å²) < 4.78 is 35.0. The summed E-state index contributed by atoms with van der Waals surface area (Å²) in [6, 6.07) is 0. The van der Waals surface area contributed by atoms with Gasteiger partial charge in [-0.25, -0.2) is 4.79 Å². The molecule has 0 amide bonds. The number of alkyl halides is 2. The molecule has 8 heteroatoms. The molecule has 0 aromatic carbocycles. The molecule has 0 aliphatic heterocycles. The van der Waals surface area contributed by atoms with Crippen LogP contribution in [0.5, 0.6) is 0 Å². The van der Waals surface area contributed by atoms with E-state index in [1.165, 1.54) is 19.3 Å². The standard InChI is InChI=1S/C15H22F2O5S/c1-8-4-12-9-2-3-10(5-9)13(12)6-11(8)7-20-14(18)15(16,17)23-22-21-19/h8-13,19H,2-7H2,1H3/p-1. The van der Waals surface area contributed by atoms with Crippen LogP contribution < -0.4 is 5.26 Å². The molecular formula is C15H21F2O5S-. The highest BCUT2D eigenvalue weighted by molar-refractivity contribution is 7.96. The van der Waals surface area contributed by atoms with E-state index in [1.807, 2.05) is 0 Å². The van der Waals surface area contributed by atoms with Gasteiger partial charge in [-0.3, -0.25) is 5.04 Å². The zero-order chi connectivity index (χ0) is 16.6. The number of halogens is 2. The summed E-state index contributed by atoms with van der Waals surface area (Å²) in [7, 11) is 0. The van der Waals surface area contributed by atoms with Gasteiger partial charge in [0, 0.05) is 0 Å². The SMILES string of the molecule is CC1CC2C3CCC(C3)C2CC1COC(=O)C(F)(F)SOO[O-]. The van der Waals surface area contributed by atoms with Gasteiger partial charge in [-0.1, -0.05) is 6.92 Å². The van der Waals surface area contributed by atoms with Crippen molar-refractivity contribution in [3.8, 4) is 0 Å². The van der Waals surface area contributed by atoms with Gasteiger partial charge in [-0.2, -0.15) is 13.1 Å². The van der Waals surface area contributed by atoms with Crippen molar-refractivity contribution >= 4 is 18.0 Å². The highest BCUT2D eigenvalue weighted by atomic mass is 32.2. The number of hydrogen-bond donors (Lipinski definition) is 0. The van der Waals surface area contributed by atoms with Crippen LogP contribution in [0.2, 0.25) is 0 Å². The molecule has 0 aromatic rings. The summed E-state index contributed by atoms with van der Waals surface area (Å²) in [6.45, 7) is 2.11. The van der Waals surface area contributed by atoms with Gasteiger partial charge in [-0.05, 0) is 67.6 Å². The van der Waals surface area contributed by atoms with E-state index in [0.29, 0.717) is 11.8 Å². The molecule has 5 nitrogen and oxygen atoms in total. The van der Waals surface area contributed by atoms with Crippen molar-refractivity contribution in [2.75, 3.05) is 6.61 Å². The lowest BCUT2D eigenvalue weighted by molar-refractivity contribution is -0.777. The molecule has 3 fully saturated rings. The third-order valence-corrected chi connectivity index (χ3v) is 6.63. The van der Waals surface area contributed by atoms with Gasteiger partial charge in [0.05, 0.1) is 6.61 Å². The Kier molecular flexibility index (Phi) is 5.15. The molecule has 2 bridgehead atoms. The molecule has 6 unspecified atom stereocenters. The number of carbonyl (C=O) groups is 1. The van der Waals surface area contributed by atoms with Crippen molar-refractivity contribution in [1.82, 2.24) is 0 Å². The maximum absolute atomic E-state index is 13.3. The van der Waals surface area contributed by atoms with E-state index in [1.54, 1.807) is 0 Å². The molecule has 3 saturated carbocycles. The number of rotatable bonds is 6. The summed E-state index contributed by atoms with van der Waals surface area (Å²) in [5.41, 5.74) is 0. The third-order valence-electron chi connectivity index (χ3n) is 6.13. The van der Waals surface area contributed by atoms with Gasteiger partial charge in [-0.15, -0.1) is 0 Å². The predicted octanol–water partition coefficient (Wildman–Crippen LogP) is 2.70. The minimum Gasteiger partial charge on any atom is -0.691 e. The topological polar surface area (TPSA) is 67.8 Å². The van der Waals surface area contributed by atoms with Crippen LogP contribution in [0.3, 0.4) is 0 Å². The Morgan fingerprint density at radius 1 is 1.22 bits per heavy atom. The Labute approximate surface area is 138 Å². The van der Waals surface area contributed by atoms with Gasteiger partial charge in [0.15, 0.2) is 0 Å². The molecule has 0 spiro atoms. The fourth-order valence-electron chi connectivity index (χ4n) is 5.06. The highest BCUT2D eigenvalue weighted by Crippen LogP contribution is 2.59. The summed E-state index contributed by atoms with van der Waals surface area (Å²) >= 11 is -0.643. The van der Waals surface area contributed by atoms with E-state index in [2.05, 4.69) is 16.3 Å². The maximum Gasteiger partial charge on any atom is 0.415 e. The van der Waals surface area contributed by atoms with Crippen LogP contribution in [-0.4, -0.2) is 17.8 Å². The minimum atomic E-state index is -3.95. The number of ether oxygens (including phenoxy) is 1. The highest BCUT2D eigenvalue weighted by Gasteiger charge is 2.51. The number of carbonyl (C=O) groups excluding carboxylic acids is 1. The van der Waals surface area contributed by atoms with E-state index in [9.17, 15) is 18.8 Å². The van der Waals surface area contributed by atoms with E-state index in [4.69, 9.17) is 4.74 Å². The second-order valence-corrected chi connectivity index (χ2v) is 8.02. The molecule has 6 atom stereocenters. The van der Waals surface area contributed by atoms with E-state index < -0.39 is 23.3 Å². The first-order valence-corrected chi connectivity index (χ1v) is 8.86. The van der Waals surface area contributed by atoms with Gasteiger partial charge in [0.2, 0.25) is 0 Å². The summed E-state index contributed by atoms with van der Waals surface area (Å²) in [5.74, 6) is 1.86. The van der Waals surface area contributed by atoms with Crippen LogP contribution in [0, 0.1) is 35.5 Å². The van der Waals surface area contributed by atoms with Crippen molar-refractivity contribution in [3.05, 3.63) is 0 Å². The molecule has 0 saturated heterocycles. The van der Waals surface area contributed by atoms with Crippen LogP contribution in [0.1, 0.15) is 39.0 Å². The first-order chi connectivity index (χ1) is 10.9. The van der Waals surface area contributed by atoms with Crippen LogP contribution in [0.25, 0.3) is 0 Å². The smallest absolute Gasteiger partial charge is 0.415 e. The van der Waals surface area contributed by atoms with Crippen molar-refractivity contribution in [3.63, 3.8) is 0 Å². The lowest BCUT2D eigenvalue weighted by Gasteiger charge is -2.42. The van der Waals surface area contributed by atoms with Gasteiger partial charge in [0.25, 0.3) is 0 Å². The van der Waals surface area contributed by atoms with E-state index >= 15 is 0 Å². The number of hydrogen-bond acceptors (Lipinski definition) is 6. The van der Waals surface area contributed by atoms with Gasteiger partial charge < -0.3 is 9.99 Å². The quantitative estimate of drug-likeness (QED) is 0.317. The zero-order valence-electron chi connectivity index (χ0n) is 12.9. The Bertz CT molecular complexity index is 450. The molecule has 23 heavy (non-hydrogen) atoms. The molecule has 3 aliphatic carbocycles. The number of fused-ring (bicyclic) bond motifs is 5. The lowest BCUT2D eigenvalue weighted by atomic mass is 9.64. The molecule has 0 N–H and O–H groups in total. The lowest BCUT2D eigenvalue weighted by Crippen LogP contribution is -2.37. The Morgan fingerprint density at radius 3 is 2.52 bits per heavy atom. The second kappa shape index (κ2) is 6.82. The molecule has 132 valence electrons. The van der Waals surface area contributed by atoms with E-state index in [0.717, 1.165) is 30.6 Å². The summed E-state index contributed by atoms with van der Waals surface area (Å²) in [6.07, 6.45) is 6.00. The average Bonchev–Trinajstić information content (AvgIpc) is 3.12. The van der Waals surface area contributed by atoms with Crippen molar-refractivity contribution in [2.45, 2.75) is 44.3 Å². The molecule has 3 aliphatic rings. The van der Waals surface area contributed by atoms with Crippen LogP contribution >= 0.6 is 12.0 Å². The van der Waals surface area contributed by atoms with Gasteiger partial charge >= 0.3 is 11.2 Å². The average molecular weight is 351 g/mol. The fraction of sp³-hybridized carbons (Fsp3) is 0.933. The second-order valence-electron chi connectivity index (χ2n) is 7.20. The van der Waals surface area contributed by atoms with Crippen molar-refractivity contribution in [2.24, 2.45) is 35.5 Å².